The van der Waals surface area contributed by atoms with Gasteiger partial charge in [0.05, 0.1) is 0 Å². The van der Waals surface area contributed by atoms with Crippen LogP contribution in [-0.4, -0.2) is 37.6 Å². The summed E-state index contributed by atoms with van der Waals surface area (Å²) in [4.78, 5) is 2.75. The maximum atomic E-state index is 3.58. The van der Waals surface area contributed by atoms with Gasteiger partial charge in [-0.2, -0.15) is 0 Å². The maximum absolute atomic E-state index is 3.58. The minimum Gasteiger partial charge on any atom is -0.317 e. The van der Waals surface area contributed by atoms with E-state index in [1.165, 1.54) is 51.7 Å². The number of hydrogen-bond acceptors (Lipinski definition) is 2. The van der Waals surface area contributed by atoms with Crippen LogP contribution in [0.5, 0.6) is 0 Å². The lowest BCUT2D eigenvalue weighted by molar-refractivity contribution is 0.0797. The summed E-state index contributed by atoms with van der Waals surface area (Å²) < 4.78 is 0. The van der Waals surface area contributed by atoms with Crippen LogP contribution < -0.4 is 5.32 Å². The number of rotatable bonds is 4. The number of piperidine rings is 1. The first-order valence-electron chi connectivity index (χ1n) is 8.81. The van der Waals surface area contributed by atoms with Gasteiger partial charge in [0.25, 0.3) is 0 Å². The first-order chi connectivity index (χ1) is 9.41. The van der Waals surface area contributed by atoms with Crippen LogP contribution in [-0.2, 0) is 0 Å². The van der Waals surface area contributed by atoms with Crippen molar-refractivity contribution in [1.82, 2.24) is 10.2 Å². The van der Waals surface area contributed by atoms with Gasteiger partial charge in [-0.1, -0.05) is 27.7 Å². The van der Waals surface area contributed by atoms with E-state index >= 15 is 0 Å². The van der Waals surface area contributed by atoms with Crippen molar-refractivity contribution in [3.8, 4) is 0 Å². The SMILES string of the molecule is CNC1CCC(C)(C)CC1CN1CCC(C(C)C)CC1. The second-order valence-corrected chi connectivity index (χ2v) is 8.44. The third-order valence-corrected chi connectivity index (χ3v) is 5.95. The molecule has 0 aromatic carbocycles. The van der Waals surface area contributed by atoms with Crippen LogP contribution in [0.2, 0.25) is 0 Å². The molecule has 1 aliphatic carbocycles. The first kappa shape index (κ1) is 16.3. The van der Waals surface area contributed by atoms with E-state index in [1.54, 1.807) is 0 Å². The van der Waals surface area contributed by atoms with Crippen LogP contribution in [0.15, 0.2) is 0 Å². The Morgan fingerprint density at radius 1 is 1.15 bits per heavy atom. The Bertz CT molecular complexity index is 290. The van der Waals surface area contributed by atoms with Crippen LogP contribution in [0, 0.1) is 23.2 Å². The van der Waals surface area contributed by atoms with Gasteiger partial charge in [-0.25, -0.2) is 0 Å². The third kappa shape index (κ3) is 4.21. The normalized spacial score (nSPS) is 32.7. The predicted octanol–water partition coefficient (Wildman–Crippen LogP) is 3.77. The Kier molecular flexibility index (Phi) is 5.53. The molecule has 2 nitrogen and oxygen atoms in total. The standard InChI is InChI=1S/C18H36N2/c1-14(2)15-7-10-20(11-8-15)13-16-12-18(3,4)9-6-17(16)19-5/h14-17,19H,6-13H2,1-5H3. The Morgan fingerprint density at radius 2 is 1.80 bits per heavy atom. The number of nitrogens with zero attached hydrogens (tertiary/aromatic N) is 1. The van der Waals surface area contributed by atoms with E-state index in [2.05, 4.69) is 45.0 Å². The molecule has 2 rings (SSSR count). The molecule has 118 valence electrons. The molecule has 20 heavy (non-hydrogen) atoms. The fourth-order valence-corrected chi connectivity index (χ4v) is 4.44. The van der Waals surface area contributed by atoms with Crippen molar-refractivity contribution in [2.45, 2.75) is 65.8 Å². The van der Waals surface area contributed by atoms with Crippen molar-refractivity contribution in [2.24, 2.45) is 23.2 Å². The zero-order valence-electron chi connectivity index (χ0n) is 14.4. The van der Waals surface area contributed by atoms with Crippen molar-refractivity contribution < 1.29 is 0 Å². The van der Waals surface area contributed by atoms with Gasteiger partial charge in [-0.15, -0.1) is 0 Å². The van der Waals surface area contributed by atoms with Crippen LogP contribution in [0.1, 0.15) is 59.8 Å². The van der Waals surface area contributed by atoms with E-state index < -0.39 is 0 Å². The summed E-state index contributed by atoms with van der Waals surface area (Å²) >= 11 is 0. The fourth-order valence-electron chi connectivity index (χ4n) is 4.44. The van der Waals surface area contributed by atoms with E-state index in [0.29, 0.717) is 5.41 Å². The summed E-state index contributed by atoms with van der Waals surface area (Å²) in [5.41, 5.74) is 0.550. The topological polar surface area (TPSA) is 15.3 Å². The van der Waals surface area contributed by atoms with Crippen LogP contribution in [0.4, 0.5) is 0 Å². The van der Waals surface area contributed by atoms with Crippen molar-refractivity contribution in [3.05, 3.63) is 0 Å². The molecule has 1 saturated carbocycles. The lowest BCUT2D eigenvalue weighted by Crippen LogP contribution is -2.48. The largest absolute Gasteiger partial charge is 0.317 e. The van der Waals surface area contributed by atoms with Gasteiger partial charge in [0.1, 0.15) is 0 Å². The number of nitrogens with one attached hydrogen (secondary N) is 1. The van der Waals surface area contributed by atoms with Gasteiger partial charge in [0.2, 0.25) is 0 Å². The Hall–Kier alpha value is -0.0800. The number of hydrogen-bond donors (Lipinski definition) is 1. The molecule has 0 amide bonds. The lowest BCUT2D eigenvalue weighted by Gasteiger charge is -2.44. The zero-order valence-corrected chi connectivity index (χ0v) is 14.4. The average molecular weight is 281 g/mol. The molecule has 1 saturated heterocycles. The summed E-state index contributed by atoms with van der Waals surface area (Å²) in [6.07, 6.45) is 6.96. The first-order valence-corrected chi connectivity index (χ1v) is 8.81. The quantitative estimate of drug-likeness (QED) is 0.843. The van der Waals surface area contributed by atoms with Crippen molar-refractivity contribution in [2.75, 3.05) is 26.7 Å². The highest BCUT2D eigenvalue weighted by Crippen LogP contribution is 2.39. The summed E-state index contributed by atoms with van der Waals surface area (Å²) in [6, 6.07) is 0.742. The van der Waals surface area contributed by atoms with E-state index in [4.69, 9.17) is 0 Å². The molecular formula is C18H36N2. The Balaban J connectivity index is 1.85. The monoisotopic (exact) mass is 280 g/mol. The highest BCUT2D eigenvalue weighted by Gasteiger charge is 2.35. The molecule has 1 N–H and O–H groups in total. The zero-order chi connectivity index (χ0) is 14.8. The van der Waals surface area contributed by atoms with Gasteiger partial charge >= 0.3 is 0 Å². The van der Waals surface area contributed by atoms with Gasteiger partial charge in [0, 0.05) is 12.6 Å². The van der Waals surface area contributed by atoms with E-state index in [1.807, 2.05) is 0 Å². The van der Waals surface area contributed by atoms with Gasteiger partial charge < -0.3 is 10.2 Å². The van der Waals surface area contributed by atoms with Crippen molar-refractivity contribution >= 4 is 0 Å². The van der Waals surface area contributed by atoms with E-state index in [9.17, 15) is 0 Å². The Morgan fingerprint density at radius 3 is 2.35 bits per heavy atom. The predicted molar refractivity (Wildman–Crippen MR) is 88.0 cm³/mol. The van der Waals surface area contributed by atoms with Crippen molar-refractivity contribution in [3.63, 3.8) is 0 Å². The van der Waals surface area contributed by atoms with E-state index in [-0.39, 0.29) is 0 Å². The molecule has 0 radical (unpaired) electrons. The highest BCUT2D eigenvalue weighted by molar-refractivity contribution is 4.90. The van der Waals surface area contributed by atoms with Crippen LogP contribution in [0.3, 0.4) is 0 Å². The minimum atomic E-state index is 0.550. The minimum absolute atomic E-state index is 0.550. The summed E-state index contributed by atoms with van der Waals surface area (Å²) in [5, 5.41) is 3.58. The van der Waals surface area contributed by atoms with E-state index in [0.717, 1.165) is 23.8 Å². The summed E-state index contributed by atoms with van der Waals surface area (Å²) in [5.74, 6) is 2.68. The van der Waals surface area contributed by atoms with Gasteiger partial charge in [0.15, 0.2) is 0 Å². The second kappa shape index (κ2) is 6.79. The molecule has 2 fully saturated rings. The molecule has 2 atom stereocenters. The molecule has 0 aromatic heterocycles. The molecule has 0 aromatic rings. The van der Waals surface area contributed by atoms with Crippen LogP contribution in [0.25, 0.3) is 0 Å². The molecule has 2 heteroatoms. The molecule has 0 bridgehead atoms. The van der Waals surface area contributed by atoms with Gasteiger partial charge in [-0.05, 0) is 75.4 Å². The Labute approximate surface area is 126 Å². The van der Waals surface area contributed by atoms with Crippen molar-refractivity contribution in [1.29, 1.82) is 0 Å². The molecule has 2 aliphatic rings. The fraction of sp³-hybridized carbons (Fsp3) is 1.00. The second-order valence-electron chi connectivity index (χ2n) is 8.44. The van der Waals surface area contributed by atoms with Crippen LogP contribution >= 0.6 is 0 Å². The average Bonchev–Trinajstić information content (AvgIpc) is 2.38. The molecule has 1 aliphatic heterocycles. The molecular weight excluding hydrogens is 244 g/mol. The number of likely N-dealkylation sites (tertiary alicyclic amines) is 1. The smallest absolute Gasteiger partial charge is 0.0105 e. The highest BCUT2D eigenvalue weighted by atomic mass is 15.1. The summed E-state index contributed by atoms with van der Waals surface area (Å²) in [6.45, 7) is 13.7. The summed E-state index contributed by atoms with van der Waals surface area (Å²) in [7, 11) is 2.15. The van der Waals surface area contributed by atoms with Gasteiger partial charge in [-0.3, -0.25) is 0 Å². The molecule has 2 unspecified atom stereocenters. The third-order valence-electron chi connectivity index (χ3n) is 5.95. The molecule has 1 heterocycles. The lowest BCUT2D eigenvalue weighted by atomic mass is 9.69. The maximum Gasteiger partial charge on any atom is 0.0105 e. The molecule has 0 spiro atoms.